The van der Waals surface area contributed by atoms with E-state index in [2.05, 4.69) is 9.91 Å². The summed E-state index contributed by atoms with van der Waals surface area (Å²) in [5.41, 5.74) is 0. The van der Waals surface area contributed by atoms with Crippen LogP contribution in [-0.4, -0.2) is 36.1 Å². The molecule has 0 aromatic rings. The first kappa shape index (κ1) is 11.4. The van der Waals surface area contributed by atoms with E-state index in [9.17, 15) is 23.2 Å². The van der Waals surface area contributed by atoms with Gasteiger partial charge < -0.3 is 9.84 Å². The van der Waals surface area contributed by atoms with Gasteiger partial charge >= 0.3 is 6.18 Å². The first-order valence-corrected chi connectivity index (χ1v) is 4.07. The minimum Gasteiger partial charge on any atom is -0.390 e. The number of rotatable bonds is 2. The summed E-state index contributed by atoms with van der Waals surface area (Å²) in [7, 11) is 0. The molecule has 0 saturated carbocycles. The van der Waals surface area contributed by atoms with Crippen LogP contribution in [0.25, 0.3) is 0 Å². The molecule has 1 aliphatic rings. The van der Waals surface area contributed by atoms with Gasteiger partial charge in [0.2, 0.25) is 0 Å². The molecule has 1 rings (SSSR count). The van der Waals surface area contributed by atoms with Crippen LogP contribution in [0.1, 0.15) is 6.92 Å². The van der Waals surface area contributed by atoms with Crippen molar-refractivity contribution >= 4 is 0 Å². The van der Waals surface area contributed by atoms with Crippen molar-refractivity contribution in [1.82, 2.24) is 0 Å². The SMILES string of the molecule is CC1C(O)C(CN=O)OC1C(F)(F)F. The number of alkyl halides is 3. The Morgan fingerprint density at radius 2 is 2.07 bits per heavy atom. The number of aliphatic hydroxyl groups excluding tert-OH is 1. The number of nitroso groups, excluding NO2 is 1. The molecule has 1 heterocycles. The predicted octanol–water partition coefficient (Wildman–Crippen LogP) is 1.08. The van der Waals surface area contributed by atoms with Crippen LogP contribution >= 0.6 is 0 Å². The van der Waals surface area contributed by atoms with Crippen LogP contribution < -0.4 is 0 Å². The Balaban J connectivity index is 2.71. The number of nitrogens with zero attached hydrogens (tertiary/aromatic N) is 1. The standard InChI is InChI=1S/C7H10F3NO3/c1-3-5(12)4(2-11-13)14-6(3)7(8,9)10/h3-6,12H,2H2,1H3. The summed E-state index contributed by atoms with van der Waals surface area (Å²) in [5, 5.41) is 11.7. The molecule has 0 spiro atoms. The second kappa shape index (κ2) is 3.82. The van der Waals surface area contributed by atoms with Gasteiger partial charge in [0.25, 0.3) is 0 Å². The van der Waals surface area contributed by atoms with Crippen molar-refractivity contribution in [2.45, 2.75) is 31.4 Å². The van der Waals surface area contributed by atoms with Gasteiger partial charge in [0, 0.05) is 5.92 Å². The maximum absolute atomic E-state index is 12.3. The summed E-state index contributed by atoms with van der Waals surface area (Å²) in [4.78, 5) is 9.85. The van der Waals surface area contributed by atoms with Gasteiger partial charge in [0.1, 0.15) is 12.6 Å². The number of hydrogen-bond donors (Lipinski definition) is 1. The lowest BCUT2D eigenvalue weighted by Crippen LogP contribution is -2.34. The quantitative estimate of drug-likeness (QED) is 0.698. The van der Waals surface area contributed by atoms with Crippen LogP contribution in [0.2, 0.25) is 0 Å². The highest BCUT2D eigenvalue weighted by Gasteiger charge is 2.54. The lowest BCUT2D eigenvalue weighted by Gasteiger charge is -2.18. The van der Waals surface area contributed by atoms with Crippen LogP contribution in [-0.2, 0) is 4.74 Å². The molecule has 4 unspecified atom stereocenters. The zero-order valence-corrected chi connectivity index (χ0v) is 7.36. The molecule has 0 aromatic carbocycles. The van der Waals surface area contributed by atoms with E-state index >= 15 is 0 Å². The average Bonchev–Trinajstić information content (AvgIpc) is 2.32. The highest BCUT2D eigenvalue weighted by atomic mass is 19.4. The van der Waals surface area contributed by atoms with Gasteiger partial charge in [0.15, 0.2) is 6.10 Å². The third kappa shape index (κ3) is 2.03. The van der Waals surface area contributed by atoms with E-state index in [0.29, 0.717) is 0 Å². The molecule has 4 atom stereocenters. The number of hydrogen-bond acceptors (Lipinski definition) is 4. The van der Waals surface area contributed by atoms with Crippen LogP contribution in [0.5, 0.6) is 0 Å². The molecule has 1 fully saturated rings. The van der Waals surface area contributed by atoms with Gasteiger partial charge in [-0.1, -0.05) is 12.1 Å². The Hall–Kier alpha value is -0.690. The zero-order chi connectivity index (χ0) is 10.9. The van der Waals surface area contributed by atoms with Crippen molar-refractivity contribution in [3.8, 4) is 0 Å². The smallest absolute Gasteiger partial charge is 0.390 e. The summed E-state index contributed by atoms with van der Waals surface area (Å²) in [6.07, 6.45) is -8.96. The van der Waals surface area contributed by atoms with Gasteiger partial charge in [-0.15, -0.1) is 0 Å². The van der Waals surface area contributed by atoms with E-state index in [4.69, 9.17) is 0 Å². The van der Waals surface area contributed by atoms with Crippen LogP contribution in [0.4, 0.5) is 13.2 Å². The molecule has 1 N–H and O–H groups in total. The molecule has 0 aromatic heterocycles. The Bertz CT molecular complexity index is 221. The van der Waals surface area contributed by atoms with Crippen molar-refractivity contribution in [3.05, 3.63) is 4.91 Å². The maximum Gasteiger partial charge on any atom is 0.415 e. The highest BCUT2D eigenvalue weighted by molar-refractivity contribution is 4.92. The summed E-state index contributed by atoms with van der Waals surface area (Å²) >= 11 is 0. The predicted molar refractivity (Wildman–Crippen MR) is 40.5 cm³/mol. The summed E-state index contributed by atoms with van der Waals surface area (Å²) < 4.78 is 41.3. The summed E-state index contributed by atoms with van der Waals surface area (Å²) in [5.74, 6) is -1.07. The number of ether oxygens (including phenoxy) is 1. The molecule has 0 radical (unpaired) electrons. The fraction of sp³-hybridized carbons (Fsp3) is 1.00. The lowest BCUT2D eigenvalue weighted by atomic mass is 9.98. The minimum absolute atomic E-state index is 0.460. The minimum atomic E-state index is -4.52. The molecule has 14 heavy (non-hydrogen) atoms. The van der Waals surface area contributed by atoms with E-state index in [-0.39, 0.29) is 0 Å². The molecule has 1 saturated heterocycles. The Morgan fingerprint density at radius 3 is 2.43 bits per heavy atom. The van der Waals surface area contributed by atoms with E-state index in [0.717, 1.165) is 0 Å². The topological polar surface area (TPSA) is 58.9 Å². The monoisotopic (exact) mass is 213 g/mol. The molecule has 1 aliphatic heterocycles. The van der Waals surface area contributed by atoms with Gasteiger partial charge in [-0.05, 0) is 0 Å². The Kier molecular flexibility index (Phi) is 3.10. The van der Waals surface area contributed by atoms with Crippen molar-refractivity contribution in [2.75, 3.05) is 6.54 Å². The Morgan fingerprint density at radius 1 is 1.50 bits per heavy atom. The second-order valence-electron chi connectivity index (χ2n) is 3.30. The van der Waals surface area contributed by atoms with E-state index in [1.807, 2.05) is 0 Å². The molecule has 7 heteroatoms. The third-order valence-electron chi connectivity index (χ3n) is 2.30. The van der Waals surface area contributed by atoms with E-state index in [1.54, 1.807) is 0 Å². The first-order chi connectivity index (χ1) is 6.38. The normalized spacial score (nSPS) is 38.6. The van der Waals surface area contributed by atoms with Crippen molar-refractivity contribution in [2.24, 2.45) is 11.1 Å². The van der Waals surface area contributed by atoms with Crippen LogP contribution in [0.3, 0.4) is 0 Å². The first-order valence-electron chi connectivity index (χ1n) is 4.07. The molecular weight excluding hydrogens is 203 g/mol. The van der Waals surface area contributed by atoms with Gasteiger partial charge in [-0.2, -0.15) is 18.1 Å². The van der Waals surface area contributed by atoms with Crippen LogP contribution in [0, 0.1) is 10.8 Å². The van der Waals surface area contributed by atoms with Crippen LogP contribution in [0.15, 0.2) is 5.18 Å². The number of halogens is 3. The second-order valence-corrected chi connectivity index (χ2v) is 3.30. The largest absolute Gasteiger partial charge is 0.415 e. The fourth-order valence-electron chi connectivity index (χ4n) is 1.51. The summed E-state index contributed by atoms with van der Waals surface area (Å²) in [6, 6.07) is 0. The van der Waals surface area contributed by atoms with Gasteiger partial charge in [-0.25, -0.2) is 0 Å². The molecular formula is C7H10F3NO3. The van der Waals surface area contributed by atoms with Crippen molar-refractivity contribution < 1.29 is 23.0 Å². The summed E-state index contributed by atoms with van der Waals surface area (Å²) in [6.45, 7) is 0.770. The molecule has 0 aliphatic carbocycles. The van der Waals surface area contributed by atoms with Gasteiger partial charge in [-0.3, -0.25) is 0 Å². The van der Waals surface area contributed by atoms with E-state index < -0.39 is 37.0 Å². The lowest BCUT2D eigenvalue weighted by molar-refractivity contribution is -0.222. The fourth-order valence-corrected chi connectivity index (χ4v) is 1.51. The third-order valence-corrected chi connectivity index (χ3v) is 2.30. The molecule has 0 amide bonds. The average molecular weight is 213 g/mol. The Labute approximate surface area is 78.0 Å². The number of aliphatic hydroxyl groups is 1. The van der Waals surface area contributed by atoms with Gasteiger partial charge in [0.05, 0.1) is 6.10 Å². The zero-order valence-electron chi connectivity index (χ0n) is 7.36. The van der Waals surface area contributed by atoms with Crippen molar-refractivity contribution in [3.63, 3.8) is 0 Å². The maximum atomic E-state index is 12.3. The molecule has 4 nitrogen and oxygen atoms in total. The molecule has 0 bridgehead atoms. The van der Waals surface area contributed by atoms with Crippen molar-refractivity contribution in [1.29, 1.82) is 0 Å². The molecule has 82 valence electrons. The van der Waals surface area contributed by atoms with E-state index in [1.165, 1.54) is 6.92 Å². The highest BCUT2D eigenvalue weighted by Crippen LogP contribution is 2.37.